The fourth-order valence-electron chi connectivity index (χ4n) is 2.54. The number of hydrogen-bond donors (Lipinski definition) is 1. The second-order valence-electron chi connectivity index (χ2n) is 5.30. The van der Waals surface area contributed by atoms with Crippen molar-refractivity contribution in [3.8, 4) is 5.75 Å². The second-order valence-corrected chi connectivity index (χ2v) is 6.36. The highest BCUT2D eigenvalue weighted by Gasteiger charge is 2.15. The number of aryl methyl sites for hydroxylation is 2. The lowest BCUT2D eigenvalue weighted by Gasteiger charge is -2.18. The second kappa shape index (κ2) is 7.00. The molecule has 114 valence electrons. The lowest BCUT2D eigenvalue weighted by molar-refractivity contribution is 0.406. The van der Waals surface area contributed by atoms with Gasteiger partial charge in [0.15, 0.2) is 0 Å². The van der Waals surface area contributed by atoms with Crippen LogP contribution in [0.1, 0.15) is 27.5 Å². The molecule has 0 bridgehead atoms. The lowest BCUT2D eigenvalue weighted by atomic mass is 10.0. The largest absolute Gasteiger partial charge is 0.496 e. The first-order valence-electron chi connectivity index (χ1n) is 7.12. The highest BCUT2D eigenvalue weighted by Crippen LogP contribution is 2.25. The summed E-state index contributed by atoms with van der Waals surface area (Å²) in [6.07, 6.45) is 3.68. The molecular formula is C16H23N3OS. The van der Waals surface area contributed by atoms with Crippen molar-refractivity contribution in [3.05, 3.63) is 39.1 Å². The van der Waals surface area contributed by atoms with Crippen molar-refractivity contribution >= 4 is 11.3 Å². The average molecular weight is 305 g/mol. The molecule has 0 saturated carbocycles. The third-order valence-electron chi connectivity index (χ3n) is 3.72. The molecule has 0 aliphatic carbocycles. The lowest BCUT2D eigenvalue weighted by Crippen LogP contribution is -2.30. The van der Waals surface area contributed by atoms with E-state index in [1.807, 2.05) is 27.1 Å². The van der Waals surface area contributed by atoms with Crippen LogP contribution in [0.5, 0.6) is 5.75 Å². The molecule has 1 N–H and O–H groups in total. The van der Waals surface area contributed by atoms with Gasteiger partial charge in [-0.05, 0) is 27.8 Å². The van der Waals surface area contributed by atoms with Gasteiger partial charge in [0.25, 0.3) is 0 Å². The number of rotatable bonds is 6. The SMILES string of the molecule is CNC(Cc1csc(C)n1)Cc1ncc(C)c(OC)c1C. The van der Waals surface area contributed by atoms with E-state index in [1.54, 1.807) is 18.4 Å². The summed E-state index contributed by atoms with van der Waals surface area (Å²) in [5.41, 5.74) is 4.44. The van der Waals surface area contributed by atoms with Gasteiger partial charge in [0.05, 0.1) is 17.8 Å². The maximum atomic E-state index is 5.48. The Balaban J connectivity index is 2.15. The van der Waals surface area contributed by atoms with Gasteiger partial charge in [-0.25, -0.2) is 4.98 Å². The molecule has 5 heteroatoms. The third-order valence-corrected chi connectivity index (χ3v) is 4.54. The van der Waals surface area contributed by atoms with Crippen molar-refractivity contribution < 1.29 is 4.74 Å². The number of pyridine rings is 1. The molecule has 2 heterocycles. The predicted octanol–water partition coefficient (Wildman–Crippen LogP) is 2.85. The van der Waals surface area contributed by atoms with E-state index in [4.69, 9.17) is 4.74 Å². The topological polar surface area (TPSA) is 47.0 Å². The van der Waals surface area contributed by atoms with Crippen molar-refractivity contribution in [2.45, 2.75) is 39.7 Å². The van der Waals surface area contributed by atoms with Crippen LogP contribution in [0.25, 0.3) is 0 Å². The number of ether oxygens (including phenoxy) is 1. The van der Waals surface area contributed by atoms with E-state index in [9.17, 15) is 0 Å². The summed E-state index contributed by atoms with van der Waals surface area (Å²) in [7, 11) is 3.71. The van der Waals surface area contributed by atoms with Crippen molar-refractivity contribution in [1.29, 1.82) is 0 Å². The van der Waals surface area contributed by atoms with Crippen molar-refractivity contribution in [2.24, 2.45) is 0 Å². The van der Waals surface area contributed by atoms with Crippen LogP contribution in [-0.4, -0.2) is 30.2 Å². The Morgan fingerprint density at radius 1 is 1.29 bits per heavy atom. The van der Waals surface area contributed by atoms with Gasteiger partial charge in [-0.2, -0.15) is 0 Å². The summed E-state index contributed by atoms with van der Waals surface area (Å²) in [6.45, 7) is 6.14. The Morgan fingerprint density at radius 2 is 2.05 bits per heavy atom. The van der Waals surface area contributed by atoms with E-state index >= 15 is 0 Å². The Labute approximate surface area is 130 Å². The highest BCUT2D eigenvalue weighted by atomic mass is 32.1. The van der Waals surface area contributed by atoms with Gasteiger partial charge in [0.2, 0.25) is 0 Å². The van der Waals surface area contributed by atoms with Gasteiger partial charge in [0.1, 0.15) is 5.75 Å². The van der Waals surface area contributed by atoms with E-state index in [1.165, 1.54) is 0 Å². The van der Waals surface area contributed by atoms with Gasteiger partial charge < -0.3 is 10.1 Å². The number of likely N-dealkylation sites (N-methyl/N-ethyl adjacent to an activating group) is 1. The Morgan fingerprint density at radius 3 is 2.62 bits per heavy atom. The fourth-order valence-corrected chi connectivity index (χ4v) is 3.17. The standard InChI is InChI=1S/C16H23N3OS/c1-10-8-18-15(11(2)16(10)20-5)7-13(17-4)6-14-9-21-12(3)19-14/h8-9,13,17H,6-7H2,1-5H3. The van der Waals surface area contributed by atoms with Crippen molar-refractivity contribution in [2.75, 3.05) is 14.2 Å². The number of thiazole rings is 1. The van der Waals surface area contributed by atoms with Gasteiger partial charge in [-0.15, -0.1) is 11.3 Å². The Hall–Kier alpha value is -1.46. The predicted molar refractivity (Wildman–Crippen MR) is 87.4 cm³/mol. The summed E-state index contributed by atoms with van der Waals surface area (Å²) in [5.74, 6) is 0.944. The normalized spacial score (nSPS) is 12.4. The molecule has 0 aliphatic heterocycles. The summed E-state index contributed by atoms with van der Waals surface area (Å²) in [4.78, 5) is 9.13. The molecule has 0 saturated heterocycles. The van der Waals surface area contributed by atoms with Crippen LogP contribution in [0.2, 0.25) is 0 Å². The Bertz CT molecular complexity index is 610. The molecule has 0 fully saturated rings. The molecule has 0 aromatic carbocycles. The minimum absolute atomic E-state index is 0.324. The molecule has 0 amide bonds. The molecular weight excluding hydrogens is 282 g/mol. The molecule has 0 spiro atoms. The minimum atomic E-state index is 0.324. The fraction of sp³-hybridized carbons (Fsp3) is 0.500. The molecule has 0 radical (unpaired) electrons. The summed E-state index contributed by atoms with van der Waals surface area (Å²) in [5, 5.41) is 6.62. The first kappa shape index (κ1) is 15.9. The number of aromatic nitrogens is 2. The Kier molecular flexibility index (Phi) is 5.31. The number of hydrogen-bond acceptors (Lipinski definition) is 5. The smallest absolute Gasteiger partial charge is 0.128 e. The zero-order chi connectivity index (χ0) is 15.4. The summed E-state index contributed by atoms with van der Waals surface area (Å²) < 4.78 is 5.48. The van der Waals surface area contributed by atoms with E-state index < -0.39 is 0 Å². The average Bonchev–Trinajstić information content (AvgIpc) is 2.87. The zero-order valence-corrected chi connectivity index (χ0v) is 14.2. The molecule has 2 aromatic heterocycles. The minimum Gasteiger partial charge on any atom is -0.496 e. The third kappa shape index (κ3) is 3.80. The first-order chi connectivity index (χ1) is 10.0. The molecule has 1 atom stereocenters. The van der Waals surface area contributed by atoms with Crippen LogP contribution in [0.15, 0.2) is 11.6 Å². The maximum absolute atomic E-state index is 5.48. The zero-order valence-electron chi connectivity index (χ0n) is 13.4. The maximum Gasteiger partial charge on any atom is 0.128 e. The van der Waals surface area contributed by atoms with Gasteiger partial charge in [0, 0.05) is 47.3 Å². The van der Waals surface area contributed by atoms with Crippen LogP contribution in [0, 0.1) is 20.8 Å². The number of nitrogens with one attached hydrogen (secondary N) is 1. The molecule has 2 rings (SSSR count). The number of methoxy groups -OCH3 is 1. The molecule has 1 unspecified atom stereocenters. The van der Waals surface area contributed by atoms with Crippen LogP contribution in [-0.2, 0) is 12.8 Å². The molecule has 4 nitrogen and oxygen atoms in total. The molecule has 21 heavy (non-hydrogen) atoms. The molecule has 0 aliphatic rings. The van der Waals surface area contributed by atoms with E-state index in [-0.39, 0.29) is 0 Å². The first-order valence-corrected chi connectivity index (χ1v) is 8.00. The van der Waals surface area contributed by atoms with Crippen LogP contribution in [0.3, 0.4) is 0 Å². The highest BCUT2D eigenvalue weighted by molar-refractivity contribution is 7.09. The van der Waals surface area contributed by atoms with Gasteiger partial charge in [-0.1, -0.05) is 0 Å². The summed E-state index contributed by atoms with van der Waals surface area (Å²) >= 11 is 1.70. The quantitative estimate of drug-likeness (QED) is 0.891. The van der Waals surface area contributed by atoms with Gasteiger partial charge in [-0.3, -0.25) is 4.98 Å². The van der Waals surface area contributed by atoms with Crippen molar-refractivity contribution in [3.63, 3.8) is 0 Å². The van der Waals surface area contributed by atoms with Crippen molar-refractivity contribution in [1.82, 2.24) is 15.3 Å². The van der Waals surface area contributed by atoms with Crippen LogP contribution < -0.4 is 10.1 Å². The van der Waals surface area contributed by atoms with E-state index in [0.717, 1.165) is 46.1 Å². The van der Waals surface area contributed by atoms with E-state index in [0.29, 0.717) is 6.04 Å². The van der Waals surface area contributed by atoms with Crippen LogP contribution in [0.4, 0.5) is 0 Å². The van der Waals surface area contributed by atoms with E-state index in [2.05, 4.69) is 27.6 Å². The molecule has 2 aromatic rings. The summed E-state index contributed by atoms with van der Waals surface area (Å²) in [6, 6.07) is 0.324. The van der Waals surface area contributed by atoms with Crippen LogP contribution >= 0.6 is 11.3 Å². The van der Waals surface area contributed by atoms with Gasteiger partial charge >= 0.3 is 0 Å². The monoisotopic (exact) mass is 305 g/mol. The number of nitrogens with zero attached hydrogens (tertiary/aromatic N) is 2.